The van der Waals surface area contributed by atoms with Crippen molar-refractivity contribution >= 4 is 0 Å². The number of methoxy groups -OCH3 is 1. The van der Waals surface area contributed by atoms with Gasteiger partial charge in [0, 0.05) is 19.7 Å². The van der Waals surface area contributed by atoms with Gasteiger partial charge in [-0.1, -0.05) is 20.8 Å². The molecule has 1 heterocycles. The van der Waals surface area contributed by atoms with E-state index in [9.17, 15) is 0 Å². The largest absolute Gasteiger partial charge is 0.383 e. The lowest BCUT2D eigenvalue weighted by atomic mass is 9.77. The summed E-state index contributed by atoms with van der Waals surface area (Å²) in [7, 11) is 3.83. The van der Waals surface area contributed by atoms with Crippen LogP contribution in [0.5, 0.6) is 0 Å². The summed E-state index contributed by atoms with van der Waals surface area (Å²) >= 11 is 0. The van der Waals surface area contributed by atoms with E-state index >= 15 is 0 Å². The number of hydrogen-bond donors (Lipinski definition) is 1. The summed E-state index contributed by atoms with van der Waals surface area (Å²) in [6.07, 6.45) is 4.03. The van der Waals surface area contributed by atoms with Crippen molar-refractivity contribution in [3.8, 4) is 0 Å². The van der Waals surface area contributed by atoms with Gasteiger partial charge >= 0.3 is 0 Å². The molecule has 18 heavy (non-hydrogen) atoms. The zero-order chi connectivity index (χ0) is 13.6. The lowest BCUT2D eigenvalue weighted by Gasteiger charge is -2.32. The molecule has 0 aromatic heterocycles. The van der Waals surface area contributed by atoms with Crippen molar-refractivity contribution in [1.82, 2.24) is 10.2 Å². The molecule has 0 aromatic rings. The summed E-state index contributed by atoms with van der Waals surface area (Å²) < 4.78 is 5.36. The lowest BCUT2D eigenvalue weighted by molar-refractivity contribution is 0.0898. The zero-order valence-electron chi connectivity index (χ0n) is 13.0. The zero-order valence-corrected chi connectivity index (χ0v) is 13.0. The summed E-state index contributed by atoms with van der Waals surface area (Å²) in [6.45, 7) is 11.4. The van der Waals surface area contributed by atoms with Gasteiger partial charge in [0.2, 0.25) is 0 Å². The third kappa shape index (κ3) is 4.87. The Balaban J connectivity index is 2.53. The molecular formula is C15H32N2O. The summed E-state index contributed by atoms with van der Waals surface area (Å²) in [5, 5.41) is 3.29. The molecule has 2 atom stereocenters. The number of ether oxygens (including phenoxy) is 1. The molecule has 1 saturated heterocycles. The van der Waals surface area contributed by atoms with E-state index < -0.39 is 0 Å². The molecule has 1 aliphatic rings. The van der Waals surface area contributed by atoms with Crippen LogP contribution in [0.15, 0.2) is 0 Å². The lowest BCUT2D eigenvalue weighted by Crippen LogP contribution is -2.45. The van der Waals surface area contributed by atoms with Gasteiger partial charge in [0.25, 0.3) is 0 Å². The molecular weight excluding hydrogens is 224 g/mol. The van der Waals surface area contributed by atoms with Crippen molar-refractivity contribution in [3.63, 3.8) is 0 Å². The summed E-state index contributed by atoms with van der Waals surface area (Å²) in [4.78, 5) is 2.62. The fourth-order valence-electron chi connectivity index (χ4n) is 3.07. The third-order valence-corrected chi connectivity index (χ3v) is 4.30. The second kappa shape index (κ2) is 7.46. The second-order valence-corrected chi connectivity index (χ2v) is 6.70. The van der Waals surface area contributed by atoms with E-state index in [1.807, 2.05) is 7.05 Å². The van der Waals surface area contributed by atoms with Gasteiger partial charge in [0.1, 0.15) is 0 Å². The summed E-state index contributed by atoms with van der Waals surface area (Å²) in [5.41, 5.74) is 0.454. The van der Waals surface area contributed by atoms with E-state index in [-0.39, 0.29) is 0 Å². The molecule has 0 radical (unpaired) electrons. The molecule has 1 rings (SSSR count). The van der Waals surface area contributed by atoms with Crippen LogP contribution < -0.4 is 5.32 Å². The first-order valence-corrected chi connectivity index (χ1v) is 7.36. The van der Waals surface area contributed by atoms with Crippen LogP contribution in [-0.2, 0) is 4.74 Å². The highest BCUT2D eigenvalue weighted by Gasteiger charge is 2.29. The highest BCUT2D eigenvalue weighted by molar-refractivity contribution is 4.82. The van der Waals surface area contributed by atoms with Gasteiger partial charge in [-0.2, -0.15) is 0 Å². The van der Waals surface area contributed by atoms with Crippen molar-refractivity contribution in [2.45, 2.75) is 46.1 Å². The smallest absolute Gasteiger partial charge is 0.0630 e. The molecule has 0 amide bonds. The Morgan fingerprint density at radius 1 is 1.28 bits per heavy atom. The molecule has 0 spiro atoms. The average Bonchev–Trinajstić information content (AvgIpc) is 2.53. The van der Waals surface area contributed by atoms with Crippen molar-refractivity contribution in [1.29, 1.82) is 0 Å². The molecule has 1 fully saturated rings. The monoisotopic (exact) mass is 256 g/mol. The Morgan fingerprint density at radius 3 is 2.56 bits per heavy atom. The number of likely N-dealkylation sites (N-methyl/N-ethyl adjacent to an activating group) is 1. The maximum atomic E-state index is 5.36. The van der Waals surface area contributed by atoms with Crippen LogP contribution in [0, 0.1) is 11.3 Å². The van der Waals surface area contributed by atoms with Gasteiger partial charge in [-0.25, -0.2) is 0 Å². The second-order valence-electron chi connectivity index (χ2n) is 6.70. The third-order valence-electron chi connectivity index (χ3n) is 4.30. The van der Waals surface area contributed by atoms with Crippen LogP contribution in [0.1, 0.15) is 40.0 Å². The van der Waals surface area contributed by atoms with Crippen molar-refractivity contribution in [2.24, 2.45) is 11.3 Å². The highest BCUT2D eigenvalue weighted by atomic mass is 16.5. The number of hydrogen-bond acceptors (Lipinski definition) is 3. The number of nitrogens with zero attached hydrogens (tertiary/aromatic N) is 1. The minimum absolute atomic E-state index is 0.454. The molecule has 1 aliphatic heterocycles. The van der Waals surface area contributed by atoms with E-state index in [0.29, 0.717) is 11.5 Å². The SMILES string of the molecule is CNCC(COC)N1CCCC(C(C)(C)C)CC1. The van der Waals surface area contributed by atoms with Crippen LogP contribution in [-0.4, -0.2) is 51.3 Å². The summed E-state index contributed by atoms with van der Waals surface area (Å²) in [5.74, 6) is 0.861. The van der Waals surface area contributed by atoms with Gasteiger partial charge in [-0.3, -0.25) is 4.90 Å². The van der Waals surface area contributed by atoms with Gasteiger partial charge in [-0.15, -0.1) is 0 Å². The van der Waals surface area contributed by atoms with Crippen LogP contribution >= 0.6 is 0 Å². The average molecular weight is 256 g/mol. The van der Waals surface area contributed by atoms with E-state index in [2.05, 4.69) is 31.0 Å². The van der Waals surface area contributed by atoms with Crippen molar-refractivity contribution in [2.75, 3.05) is 40.4 Å². The molecule has 0 bridgehead atoms. The summed E-state index contributed by atoms with van der Waals surface area (Å²) in [6, 6.07) is 0.527. The normalized spacial score (nSPS) is 24.8. The molecule has 2 unspecified atom stereocenters. The Morgan fingerprint density at radius 2 is 2.00 bits per heavy atom. The number of rotatable bonds is 5. The Hall–Kier alpha value is -0.120. The van der Waals surface area contributed by atoms with Crippen molar-refractivity contribution in [3.05, 3.63) is 0 Å². The van der Waals surface area contributed by atoms with Gasteiger partial charge < -0.3 is 10.1 Å². The molecule has 0 aliphatic carbocycles. The van der Waals surface area contributed by atoms with Crippen LogP contribution in [0.2, 0.25) is 0 Å². The molecule has 3 nitrogen and oxygen atoms in total. The number of likely N-dealkylation sites (tertiary alicyclic amines) is 1. The van der Waals surface area contributed by atoms with Gasteiger partial charge in [0.05, 0.1) is 6.61 Å². The van der Waals surface area contributed by atoms with Crippen molar-refractivity contribution < 1.29 is 4.74 Å². The molecule has 1 N–H and O–H groups in total. The van der Waals surface area contributed by atoms with Crippen LogP contribution in [0.4, 0.5) is 0 Å². The fourth-order valence-corrected chi connectivity index (χ4v) is 3.07. The maximum absolute atomic E-state index is 5.36. The first-order valence-electron chi connectivity index (χ1n) is 7.36. The highest BCUT2D eigenvalue weighted by Crippen LogP contribution is 2.34. The molecule has 108 valence electrons. The van der Waals surface area contributed by atoms with Crippen LogP contribution in [0.3, 0.4) is 0 Å². The topological polar surface area (TPSA) is 24.5 Å². The Kier molecular flexibility index (Phi) is 6.61. The maximum Gasteiger partial charge on any atom is 0.0630 e. The molecule has 0 saturated carbocycles. The van der Waals surface area contributed by atoms with Crippen LogP contribution in [0.25, 0.3) is 0 Å². The Bertz CT molecular complexity index is 219. The van der Waals surface area contributed by atoms with E-state index in [4.69, 9.17) is 4.74 Å². The van der Waals surface area contributed by atoms with E-state index in [1.165, 1.54) is 32.4 Å². The molecule has 0 aromatic carbocycles. The minimum Gasteiger partial charge on any atom is -0.383 e. The fraction of sp³-hybridized carbons (Fsp3) is 1.00. The first kappa shape index (κ1) is 15.9. The predicted molar refractivity (Wildman–Crippen MR) is 78.0 cm³/mol. The minimum atomic E-state index is 0.454. The standard InChI is InChI=1S/C15H32N2O/c1-15(2,3)13-7-6-9-17(10-8-13)14(11-16-4)12-18-5/h13-14,16H,6-12H2,1-5H3. The number of nitrogens with one attached hydrogen (secondary N) is 1. The first-order chi connectivity index (χ1) is 8.49. The van der Waals surface area contributed by atoms with E-state index in [1.54, 1.807) is 7.11 Å². The Labute approximate surface area is 113 Å². The molecule has 3 heteroatoms. The van der Waals surface area contributed by atoms with Gasteiger partial charge in [-0.05, 0) is 50.7 Å². The van der Waals surface area contributed by atoms with Gasteiger partial charge in [0.15, 0.2) is 0 Å². The quantitative estimate of drug-likeness (QED) is 0.817. The van der Waals surface area contributed by atoms with E-state index in [0.717, 1.165) is 19.1 Å². The predicted octanol–water partition coefficient (Wildman–Crippen LogP) is 2.37.